The molecule has 3 heterocycles. The molecule has 0 aliphatic carbocycles. The van der Waals surface area contributed by atoms with Crippen molar-refractivity contribution in [3.8, 4) is 22.9 Å². The normalized spacial score (nSPS) is 13.7. The third-order valence-electron chi connectivity index (χ3n) is 5.67. The molecule has 6 rings (SSSR count). The number of rotatable bonds is 4. The van der Waals surface area contributed by atoms with Crippen molar-refractivity contribution >= 4 is 39.4 Å². The lowest BCUT2D eigenvalue weighted by Crippen LogP contribution is -2.30. The maximum Gasteiger partial charge on any atom is 0.138 e. The third kappa shape index (κ3) is 3.90. The Labute approximate surface area is 195 Å². The van der Waals surface area contributed by atoms with E-state index < -0.39 is 0 Å². The standard InChI is InChI=1S/C26H20ClN5O/c27-18-5-8-20-22(15-18)28-13-10-24(20)33-19-6-2-16(3-7-19)26-31-21-9-4-17(14-23(21)32-26)25-29-11-1-12-30-25/h2-10,13-15H,1,11-12H2,(H,29,30)(H,31,32). The van der Waals surface area contributed by atoms with Crippen molar-refractivity contribution in [3.05, 3.63) is 83.5 Å². The number of amidine groups is 1. The van der Waals surface area contributed by atoms with Crippen LogP contribution >= 0.6 is 11.6 Å². The van der Waals surface area contributed by atoms with Gasteiger partial charge >= 0.3 is 0 Å². The number of halogens is 1. The van der Waals surface area contributed by atoms with Gasteiger partial charge in [-0.05, 0) is 73.2 Å². The predicted molar refractivity (Wildman–Crippen MR) is 132 cm³/mol. The molecule has 0 saturated heterocycles. The lowest BCUT2D eigenvalue weighted by atomic mass is 10.1. The summed E-state index contributed by atoms with van der Waals surface area (Å²) in [5, 5.41) is 4.93. The summed E-state index contributed by atoms with van der Waals surface area (Å²) in [6.07, 6.45) is 2.80. The Balaban J connectivity index is 1.26. The van der Waals surface area contributed by atoms with Gasteiger partial charge in [0.2, 0.25) is 0 Å². The van der Waals surface area contributed by atoms with Crippen LogP contribution in [0.3, 0.4) is 0 Å². The van der Waals surface area contributed by atoms with E-state index in [-0.39, 0.29) is 0 Å². The molecule has 2 N–H and O–H groups in total. The molecule has 0 bridgehead atoms. The molecule has 0 saturated carbocycles. The Hall–Kier alpha value is -3.90. The zero-order chi connectivity index (χ0) is 22.2. The number of hydrogen-bond donors (Lipinski definition) is 2. The first-order chi connectivity index (χ1) is 16.2. The van der Waals surface area contributed by atoms with Crippen molar-refractivity contribution < 1.29 is 4.74 Å². The molecule has 33 heavy (non-hydrogen) atoms. The molecule has 5 aromatic rings. The lowest BCUT2D eigenvalue weighted by Gasteiger charge is -2.14. The molecule has 2 aromatic heterocycles. The zero-order valence-electron chi connectivity index (χ0n) is 17.7. The van der Waals surface area contributed by atoms with E-state index in [0.29, 0.717) is 5.02 Å². The monoisotopic (exact) mass is 453 g/mol. The van der Waals surface area contributed by atoms with Gasteiger partial charge in [-0.3, -0.25) is 9.98 Å². The number of hydrogen-bond acceptors (Lipinski definition) is 5. The Morgan fingerprint density at radius 1 is 0.879 bits per heavy atom. The fourth-order valence-corrected chi connectivity index (χ4v) is 4.18. The number of imidazole rings is 1. The number of H-pyrrole nitrogens is 1. The van der Waals surface area contributed by atoms with Crippen molar-refractivity contribution in [2.24, 2.45) is 4.99 Å². The van der Waals surface area contributed by atoms with Crippen molar-refractivity contribution in [1.82, 2.24) is 20.3 Å². The van der Waals surface area contributed by atoms with Gasteiger partial charge in [-0.1, -0.05) is 11.6 Å². The van der Waals surface area contributed by atoms with Gasteiger partial charge in [0, 0.05) is 40.8 Å². The van der Waals surface area contributed by atoms with Crippen molar-refractivity contribution in [2.45, 2.75) is 6.42 Å². The molecule has 0 fully saturated rings. The molecule has 0 unspecified atom stereocenters. The van der Waals surface area contributed by atoms with Crippen LogP contribution in [0.1, 0.15) is 12.0 Å². The average Bonchev–Trinajstić information content (AvgIpc) is 3.28. The Morgan fingerprint density at radius 3 is 2.61 bits per heavy atom. The summed E-state index contributed by atoms with van der Waals surface area (Å²) in [7, 11) is 0. The second kappa shape index (κ2) is 8.22. The zero-order valence-corrected chi connectivity index (χ0v) is 18.4. The highest BCUT2D eigenvalue weighted by molar-refractivity contribution is 6.31. The van der Waals surface area contributed by atoms with Gasteiger partial charge in [0.25, 0.3) is 0 Å². The number of aliphatic imine (C=N–C) groups is 1. The smallest absolute Gasteiger partial charge is 0.138 e. The molecule has 0 atom stereocenters. The second-order valence-electron chi connectivity index (χ2n) is 7.92. The van der Waals surface area contributed by atoms with E-state index in [1.807, 2.05) is 54.6 Å². The molecule has 6 nitrogen and oxygen atoms in total. The number of nitrogens with one attached hydrogen (secondary N) is 2. The summed E-state index contributed by atoms with van der Waals surface area (Å²) >= 11 is 6.09. The van der Waals surface area contributed by atoms with Crippen molar-refractivity contribution in [2.75, 3.05) is 13.1 Å². The summed E-state index contributed by atoms with van der Waals surface area (Å²) < 4.78 is 6.13. The van der Waals surface area contributed by atoms with E-state index in [4.69, 9.17) is 21.3 Å². The number of fused-ring (bicyclic) bond motifs is 2. The number of nitrogens with zero attached hydrogens (tertiary/aromatic N) is 3. The SMILES string of the molecule is Clc1ccc2c(Oc3ccc(-c4nc5ccc(C6=NCCCN6)cc5[nH]4)cc3)ccnc2c1. The van der Waals surface area contributed by atoms with Gasteiger partial charge in [0.05, 0.1) is 16.6 Å². The summed E-state index contributed by atoms with van der Waals surface area (Å²) in [6.45, 7) is 1.83. The van der Waals surface area contributed by atoms with Crippen LogP contribution in [0.15, 0.2) is 77.9 Å². The molecule has 1 aliphatic rings. The minimum Gasteiger partial charge on any atom is -0.457 e. The fraction of sp³-hybridized carbons (Fsp3) is 0.115. The Kier molecular flexibility index (Phi) is 4.92. The molecule has 0 amide bonds. The minimum atomic E-state index is 0.650. The molecular weight excluding hydrogens is 434 g/mol. The van der Waals surface area contributed by atoms with Crippen LogP contribution in [0.5, 0.6) is 11.5 Å². The first-order valence-electron chi connectivity index (χ1n) is 10.8. The summed E-state index contributed by atoms with van der Waals surface area (Å²) in [5.74, 6) is 3.24. The fourth-order valence-electron chi connectivity index (χ4n) is 4.01. The highest BCUT2D eigenvalue weighted by Crippen LogP contribution is 2.31. The molecule has 162 valence electrons. The predicted octanol–water partition coefficient (Wildman–Crippen LogP) is 5.96. The van der Waals surface area contributed by atoms with E-state index in [1.165, 1.54) is 0 Å². The third-order valence-corrected chi connectivity index (χ3v) is 5.91. The van der Waals surface area contributed by atoms with Crippen LogP contribution in [0, 0.1) is 0 Å². The van der Waals surface area contributed by atoms with Crippen LogP contribution in [0.4, 0.5) is 0 Å². The molecule has 3 aromatic carbocycles. The first kappa shape index (κ1) is 19.8. The van der Waals surface area contributed by atoms with Crippen LogP contribution < -0.4 is 10.1 Å². The van der Waals surface area contributed by atoms with E-state index >= 15 is 0 Å². The van der Waals surface area contributed by atoms with Gasteiger partial charge in [-0.25, -0.2) is 4.98 Å². The maximum absolute atomic E-state index is 6.13. The molecule has 1 aliphatic heterocycles. The van der Waals surface area contributed by atoms with Crippen LogP contribution in [-0.4, -0.2) is 33.9 Å². The van der Waals surface area contributed by atoms with Crippen LogP contribution in [0.2, 0.25) is 5.02 Å². The van der Waals surface area contributed by atoms with Gasteiger partial charge in [-0.15, -0.1) is 0 Å². The second-order valence-corrected chi connectivity index (χ2v) is 8.36. The van der Waals surface area contributed by atoms with Gasteiger partial charge < -0.3 is 15.0 Å². The minimum absolute atomic E-state index is 0.650. The number of aromatic nitrogens is 3. The van der Waals surface area contributed by atoms with Crippen molar-refractivity contribution in [1.29, 1.82) is 0 Å². The summed E-state index contributed by atoms with van der Waals surface area (Å²) in [5.41, 5.74) is 4.77. The van der Waals surface area contributed by atoms with Crippen molar-refractivity contribution in [3.63, 3.8) is 0 Å². The van der Waals surface area contributed by atoms with E-state index in [0.717, 1.165) is 75.7 Å². The number of benzene rings is 3. The van der Waals surface area contributed by atoms with Crippen LogP contribution in [-0.2, 0) is 0 Å². The first-order valence-corrected chi connectivity index (χ1v) is 11.2. The highest BCUT2D eigenvalue weighted by atomic mass is 35.5. The Morgan fingerprint density at radius 2 is 1.76 bits per heavy atom. The summed E-state index contributed by atoms with van der Waals surface area (Å²) in [6, 6.07) is 21.5. The van der Waals surface area contributed by atoms with E-state index in [1.54, 1.807) is 6.20 Å². The van der Waals surface area contributed by atoms with Gasteiger partial charge in [0.1, 0.15) is 23.2 Å². The largest absolute Gasteiger partial charge is 0.457 e. The number of aromatic amines is 1. The summed E-state index contributed by atoms with van der Waals surface area (Å²) in [4.78, 5) is 17.1. The van der Waals surface area contributed by atoms with E-state index in [9.17, 15) is 0 Å². The number of pyridine rings is 1. The average molecular weight is 454 g/mol. The molecule has 0 spiro atoms. The van der Waals surface area contributed by atoms with Gasteiger partial charge in [-0.2, -0.15) is 0 Å². The molecule has 0 radical (unpaired) electrons. The molecule has 7 heteroatoms. The quantitative estimate of drug-likeness (QED) is 0.352. The lowest BCUT2D eigenvalue weighted by molar-refractivity contribution is 0.488. The maximum atomic E-state index is 6.13. The van der Waals surface area contributed by atoms with E-state index in [2.05, 4.69) is 32.4 Å². The van der Waals surface area contributed by atoms with Gasteiger partial charge in [0.15, 0.2) is 0 Å². The molecular formula is C26H20ClN5O. The topological polar surface area (TPSA) is 75.2 Å². The van der Waals surface area contributed by atoms with Crippen LogP contribution in [0.25, 0.3) is 33.3 Å². The number of ether oxygens (including phenoxy) is 1. The Bertz CT molecular complexity index is 1510. The highest BCUT2D eigenvalue weighted by Gasteiger charge is 2.11.